The molecule has 1 atom stereocenters. The third-order valence-corrected chi connectivity index (χ3v) is 3.46. The smallest absolute Gasteiger partial charge is 0.356 e. The van der Waals surface area contributed by atoms with E-state index in [4.69, 9.17) is 9.84 Å². The molecule has 1 aliphatic heterocycles. The normalized spacial score (nSPS) is 24.8. The minimum absolute atomic E-state index is 0.164. The molecule has 1 N–H and O–H groups in total. The molecule has 3 rings (SSSR count). The fourth-order valence-corrected chi connectivity index (χ4v) is 2.41. The van der Waals surface area contributed by atoms with Crippen molar-refractivity contribution in [3.63, 3.8) is 0 Å². The van der Waals surface area contributed by atoms with Gasteiger partial charge in [0.2, 0.25) is 0 Å². The van der Waals surface area contributed by atoms with Gasteiger partial charge < -0.3 is 9.84 Å². The van der Waals surface area contributed by atoms with Crippen molar-refractivity contribution in [2.75, 3.05) is 13.2 Å². The molecule has 1 saturated carbocycles. The molecule has 0 spiro atoms. The highest BCUT2D eigenvalue weighted by Crippen LogP contribution is 2.41. The molecule has 2 heterocycles. The molecule has 0 amide bonds. The van der Waals surface area contributed by atoms with Gasteiger partial charge in [0.15, 0.2) is 5.69 Å². The van der Waals surface area contributed by atoms with E-state index in [1.54, 1.807) is 6.07 Å². The van der Waals surface area contributed by atoms with Gasteiger partial charge >= 0.3 is 5.97 Å². The Morgan fingerprint density at radius 2 is 2.29 bits per heavy atom. The zero-order valence-corrected chi connectivity index (χ0v) is 9.63. The number of aromatic carboxylic acids is 1. The van der Waals surface area contributed by atoms with Crippen LogP contribution in [0.25, 0.3) is 0 Å². The third-order valence-electron chi connectivity index (χ3n) is 3.46. The first-order chi connectivity index (χ1) is 8.25. The van der Waals surface area contributed by atoms with Gasteiger partial charge in [0.1, 0.15) is 0 Å². The molecule has 1 aromatic rings. The summed E-state index contributed by atoms with van der Waals surface area (Å²) in [5.41, 5.74) is 1.25. The maximum Gasteiger partial charge on any atom is 0.356 e. The molecule has 0 bridgehead atoms. The largest absolute Gasteiger partial charge is 0.476 e. The highest BCUT2D eigenvalue weighted by molar-refractivity contribution is 5.85. The molecule has 0 radical (unpaired) electrons. The highest BCUT2D eigenvalue weighted by Gasteiger charge is 2.32. The Balaban J connectivity index is 1.92. The average molecular weight is 236 g/mol. The predicted molar refractivity (Wildman–Crippen MR) is 60.3 cm³/mol. The number of rotatable bonds is 3. The van der Waals surface area contributed by atoms with Crippen LogP contribution in [0.3, 0.4) is 0 Å². The number of aromatic nitrogens is 2. The van der Waals surface area contributed by atoms with Crippen molar-refractivity contribution in [3.8, 4) is 0 Å². The van der Waals surface area contributed by atoms with E-state index in [1.807, 2.05) is 4.68 Å². The molecule has 1 aliphatic carbocycles. The van der Waals surface area contributed by atoms with Crippen LogP contribution < -0.4 is 0 Å². The van der Waals surface area contributed by atoms with Crippen LogP contribution in [-0.4, -0.2) is 34.1 Å². The Kier molecular flexibility index (Phi) is 2.63. The third kappa shape index (κ3) is 2.07. The van der Waals surface area contributed by atoms with E-state index in [1.165, 1.54) is 0 Å². The Hall–Kier alpha value is -1.36. The van der Waals surface area contributed by atoms with E-state index in [0.717, 1.165) is 38.0 Å². The van der Waals surface area contributed by atoms with Crippen molar-refractivity contribution >= 4 is 5.97 Å². The van der Waals surface area contributed by atoms with Crippen molar-refractivity contribution in [1.82, 2.24) is 9.78 Å². The number of nitrogens with zero attached hydrogens (tertiary/aromatic N) is 2. The lowest BCUT2D eigenvalue weighted by Gasteiger charge is -2.24. The van der Waals surface area contributed by atoms with Gasteiger partial charge in [-0.1, -0.05) is 0 Å². The maximum atomic E-state index is 11.0. The lowest BCUT2D eigenvalue weighted by molar-refractivity contribution is 0.0530. The van der Waals surface area contributed by atoms with Gasteiger partial charge in [-0.15, -0.1) is 0 Å². The molecule has 5 heteroatoms. The number of hydrogen-bond acceptors (Lipinski definition) is 3. The number of carboxylic acid groups (broad SMARTS) is 1. The summed E-state index contributed by atoms with van der Waals surface area (Å²) < 4.78 is 7.36. The first-order valence-electron chi connectivity index (χ1n) is 6.16. The van der Waals surface area contributed by atoms with Crippen LogP contribution in [0.1, 0.15) is 53.8 Å². The van der Waals surface area contributed by atoms with Crippen LogP contribution in [0, 0.1) is 0 Å². The van der Waals surface area contributed by atoms with Crippen LogP contribution in [0.15, 0.2) is 6.07 Å². The van der Waals surface area contributed by atoms with Gasteiger partial charge in [0.05, 0.1) is 12.6 Å². The van der Waals surface area contributed by atoms with Gasteiger partial charge in [0, 0.05) is 18.2 Å². The van der Waals surface area contributed by atoms with Crippen LogP contribution in [0.4, 0.5) is 0 Å². The molecular formula is C12H16N2O3. The quantitative estimate of drug-likeness (QED) is 0.869. The Bertz CT molecular complexity index is 431. The first kappa shape index (κ1) is 10.8. The highest BCUT2D eigenvalue weighted by atomic mass is 16.5. The second-order valence-corrected chi connectivity index (χ2v) is 4.85. The van der Waals surface area contributed by atoms with Gasteiger partial charge in [0.25, 0.3) is 0 Å². The van der Waals surface area contributed by atoms with Crippen molar-refractivity contribution in [2.24, 2.45) is 0 Å². The first-order valence-corrected chi connectivity index (χ1v) is 6.16. The van der Waals surface area contributed by atoms with Crippen LogP contribution in [0.2, 0.25) is 0 Å². The van der Waals surface area contributed by atoms with Crippen molar-refractivity contribution in [1.29, 1.82) is 0 Å². The minimum Gasteiger partial charge on any atom is -0.476 e. The molecule has 5 nitrogen and oxygen atoms in total. The fraction of sp³-hybridized carbons (Fsp3) is 0.667. The average Bonchev–Trinajstić information content (AvgIpc) is 3.09. The predicted octanol–water partition coefficient (Wildman–Crippen LogP) is 1.81. The summed E-state index contributed by atoms with van der Waals surface area (Å²) in [6, 6.07) is 1.95. The van der Waals surface area contributed by atoms with Gasteiger partial charge in [-0.25, -0.2) is 4.79 Å². The van der Waals surface area contributed by atoms with Crippen molar-refractivity contribution < 1.29 is 14.6 Å². The summed E-state index contributed by atoms with van der Waals surface area (Å²) in [5, 5.41) is 13.2. The molecule has 1 saturated heterocycles. The van der Waals surface area contributed by atoms with Crippen molar-refractivity contribution in [3.05, 3.63) is 17.5 Å². The molecule has 0 aromatic carbocycles. The monoisotopic (exact) mass is 236 g/mol. The van der Waals surface area contributed by atoms with Gasteiger partial charge in [-0.2, -0.15) is 5.10 Å². The molecule has 92 valence electrons. The number of carboxylic acids is 1. The lowest BCUT2D eigenvalue weighted by Crippen LogP contribution is -2.23. The molecule has 2 aliphatic rings. The molecule has 2 fully saturated rings. The zero-order valence-electron chi connectivity index (χ0n) is 9.63. The summed E-state index contributed by atoms with van der Waals surface area (Å²) >= 11 is 0. The van der Waals surface area contributed by atoms with Crippen LogP contribution in [-0.2, 0) is 4.74 Å². The summed E-state index contributed by atoms with van der Waals surface area (Å²) in [6.07, 6.45) is 4.36. The minimum atomic E-state index is -0.942. The Morgan fingerprint density at radius 3 is 2.88 bits per heavy atom. The Labute approximate surface area is 99.4 Å². The van der Waals surface area contributed by atoms with E-state index >= 15 is 0 Å². The molecule has 17 heavy (non-hydrogen) atoms. The molecular weight excluding hydrogens is 220 g/mol. The summed E-state index contributed by atoms with van der Waals surface area (Å²) in [6.45, 7) is 1.46. The second kappa shape index (κ2) is 4.14. The van der Waals surface area contributed by atoms with Gasteiger partial charge in [-0.05, 0) is 31.7 Å². The van der Waals surface area contributed by atoms with Gasteiger partial charge in [-0.3, -0.25) is 4.68 Å². The van der Waals surface area contributed by atoms with E-state index in [-0.39, 0.29) is 11.7 Å². The van der Waals surface area contributed by atoms with E-state index in [2.05, 4.69) is 5.10 Å². The number of hydrogen-bond donors (Lipinski definition) is 1. The molecule has 1 unspecified atom stereocenters. The SMILES string of the molecule is O=C(O)c1cc(C2CC2)n(C2CCCOC2)n1. The summed E-state index contributed by atoms with van der Waals surface area (Å²) in [4.78, 5) is 11.0. The lowest BCUT2D eigenvalue weighted by atomic mass is 10.1. The summed E-state index contributed by atoms with van der Waals surface area (Å²) in [7, 11) is 0. The molecule has 1 aromatic heterocycles. The van der Waals surface area contributed by atoms with E-state index < -0.39 is 5.97 Å². The second-order valence-electron chi connectivity index (χ2n) is 4.85. The van der Waals surface area contributed by atoms with Crippen LogP contribution >= 0.6 is 0 Å². The van der Waals surface area contributed by atoms with E-state index in [9.17, 15) is 4.79 Å². The summed E-state index contributed by atoms with van der Waals surface area (Å²) in [5.74, 6) is -0.431. The van der Waals surface area contributed by atoms with Crippen LogP contribution in [0.5, 0.6) is 0 Å². The number of ether oxygens (including phenoxy) is 1. The van der Waals surface area contributed by atoms with E-state index in [0.29, 0.717) is 12.5 Å². The fourth-order valence-electron chi connectivity index (χ4n) is 2.41. The zero-order chi connectivity index (χ0) is 11.8. The number of carbonyl (C=O) groups is 1. The standard InChI is InChI=1S/C12H16N2O3/c15-12(16)10-6-11(8-3-4-8)14(13-10)9-2-1-5-17-7-9/h6,8-9H,1-5,7H2,(H,15,16). The topological polar surface area (TPSA) is 64.3 Å². The Morgan fingerprint density at radius 1 is 1.47 bits per heavy atom. The maximum absolute atomic E-state index is 11.0. The van der Waals surface area contributed by atoms with Crippen molar-refractivity contribution in [2.45, 2.75) is 37.6 Å².